The lowest BCUT2D eigenvalue weighted by atomic mass is 9.94. The molecule has 2 N–H and O–H groups in total. The molecular weight excluding hydrogens is 150 g/mol. The number of nitrogens with one attached hydrogen (secondary N) is 1. The van der Waals surface area contributed by atoms with E-state index in [1.54, 1.807) is 0 Å². The van der Waals surface area contributed by atoms with Crippen molar-refractivity contribution in [1.82, 2.24) is 5.32 Å². The van der Waals surface area contributed by atoms with Crippen molar-refractivity contribution in [3.63, 3.8) is 0 Å². The highest BCUT2D eigenvalue weighted by molar-refractivity contribution is 4.98. The summed E-state index contributed by atoms with van der Waals surface area (Å²) in [7, 11) is 0. The van der Waals surface area contributed by atoms with Gasteiger partial charge in [-0.25, -0.2) is 0 Å². The molecule has 70 valence electrons. The van der Waals surface area contributed by atoms with Gasteiger partial charge in [-0.1, -0.05) is 26.0 Å². The third-order valence-electron chi connectivity index (χ3n) is 2.31. The Balaban J connectivity index is 2.16. The lowest BCUT2D eigenvalue weighted by molar-refractivity contribution is 0.153. The first kappa shape index (κ1) is 9.75. The van der Waals surface area contributed by atoms with Gasteiger partial charge in [0, 0.05) is 24.6 Å². The Morgan fingerprint density at radius 2 is 2.00 bits per heavy atom. The highest BCUT2D eigenvalue weighted by atomic mass is 16.3. The van der Waals surface area contributed by atoms with Gasteiger partial charge in [0.2, 0.25) is 0 Å². The molecule has 0 aliphatic heterocycles. The molecule has 0 saturated heterocycles. The lowest BCUT2D eigenvalue weighted by Gasteiger charge is -2.24. The Morgan fingerprint density at radius 1 is 1.42 bits per heavy atom. The fourth-order valence-electron chi connectivity index (χ4n) is 1.26. The third-order valence-corrected chi connectivity index (χ3v) is 2.31. The minimum absolute atomic E-state index is 0.0165. The third kappa shape index (κ3) is 2.95. The summed E-state index contributed by atoms with van der Waals surface area (Å²) in [6.07, 6.45) is 6.70. The highest BCUT2D eigenvalue weighted by Crippen LogP contribution is 2.15. The predicted molar refractivity (Wildman–Crippen MR) is 51.0 cm³/mol. The van der Waals surface area contributed by atoms with Gasteiger partial charge in [0.15, 0.2) is 0 Å². The smallest absolute Gasteiger partial charge is 0.0494 e. The minimum atomic E-state index is 0.0165. The van der Waals surface area contributed by atoms with Crippen molar-refractivity contribution < 1.29 is 5.11 Å². The molecule has 0 spiro atoms. The summed E-state index contributed by atoms with van der Waals surface area (Å²) in [4.78, 5) is 0. The summed E-state index contributed by atoms with van der Waals surface area (Å²) in [6.45, 7) is 5.29. The molecule has 2 nitrogen and oxygen atoms in total. The molecule has 0 atom stereocenters. The van der Waals surface area contributed by atoms with Gasteiger partial charge in [-0.2, -0.15) is 0 Å². The molecule has 0 bridgehead atoms. The number of hydrogen-bond acceptors (Lipinski definition) is 2. The van der Waals surface area contributed by atoms with Crippen molar-refractivity contribution in [3.05, 3.63) is 12.2 Å². The SMILES string of the molecule is CC(C)(CO)CNC1CC=CC1. The molecule has 0 aromatic carbocycles. The van der Waals surface area contributed by atoms with Gasteiger partial charge < -0.3 is 10.4 Å². The summed E-state index contributed by atoms with van der Waals surface area (Å²) >= 11 is 0. The number of rotatable bonds is 4. The maximum absolute atomic E-state index is 9.01. The molecule has 0 unspecified atom stereocenters. The van der Waals surface area contributed by atoms with Crippen molar-refractivity contribution >= 4 is 0 Å². The fourth-order valence-corrected chi connectivity index (χ4v) is 1.26. The van der Waals surface area contributed by atoms with E-state index in [1.807, 2.05) is 0 Å². The summed E-state index contributed by atoms with van der Waals surface area (Å²) in [5.74, 6) is 0. The van der Waals surface area contributed by atoms with Gasteiger partial charge in [0.1, 0.15) is 0 Å². The molecule has 0 saturated carbocycles. The molecule has 1 rings (SSSR count). The van der Waals surface area contributed by atoms with Crippen LogP contribution in [0.2, 0.25) is 0 Å². The zero-order valence-electron chi connectivity index (χ0n) is 8.01. The summed E-state index contributed by atoms with van der Waals surface area (Å²) in [6, 6.07) is 0.607. The summed E-state index contributed by atoms with van der Waals surface area (Å²) < 4.78 is 0. The van der Waals surface area contributed by atoms with E-state index in [0.717, 1.165) is 19.4 Å². The van der Waals surface area contributed by atoms with E-state index < -0.39 is 0 Å². The Bertz CT molecular complexity index is 155. The molecule has 1 aliphatic rings. The number of aliphatic hydroxyl groups is 1. The zero-order valence-corrected chi connectivity index (χ0v) is 8.01. The van der Waals surface area contributed by atoms with Gasteiger partial charge in [-0.15, -0.1) is 0 Å². The van der Waals surface area contributed by atoms with Crippen molar-refractivity contribution in [3.8, 4) is 0 Å². The Hall–Kier alpha value is -0.340. The van der Waals surface area contributed by atoms with Gasteiger partial charge in [-0.05, 0) is 12.8 Å². The van der Waals surface area contributed by atoms with Crippen LogP contribution < -0.4 is 5.32 Å². The topological polar surface area (TPSA) is 32.3 Å². The Morgan fingerprint density at radius 3 is 2.50 bits per heavy atom. The second kappa shape index (κ2) is 4.06. The van der Waals surface area contributed by atoms with Crippen LogP contribution in [0.4, 0.5) is 0 Å². The van der Waals surface area contributed by atoms with Crippen LogP contribution in [-0.4, -0.2) is 24.3 Å². The first-order chi connectivity index (χ1) is 5.64. The van der Waals surface area contributed by atoms with Crippen LogP contribution in [0, 0.1) is 5.41 Å². The summed E-state index contributed by atoms with van der Waals surface area (Å²) in [5.41, 5.74) is 0.0165. The average molecular weight is 169 g/mol. The largest absolute Gasteiger partial charge is 0.396 e. The molecule has 0 heterocycles. The van der Waals surface area contributed by atoms with Crippen LogP contribution in [0.1, 0.15) is 26.7 Å². The van der Waals surface area contributed by atoms with E-state index in [2.05, 4.69) is 31.3 Å². The van der Waals surface area contributed by atoms with Crippen LogP contribution in [0.3, 0.4) is 0 Å². The highest BCUT2D eigenvalue weighted by Gasteiger charge is 2.18. The van der Waals surface area contributed by atoms with Gasteiger partial charge in [0.05, 0.1) is 0 Å². The monoisotopic (exact) mass is 169 g/mol. The lowest BCUT2D eigenvalue weighted by Crippen LogP contribution is -2.37. The van der Waals surface area contributed by atoms with Crippen molar-refractivity contribution in [2.24, 2.45) is 5.41 Å². The van der Waals surface area contributed by atoms with Crippen molar-refractivity contribution in [1.29, 1.82) is 0 Å². The molecule has 0 aromatic rings. The second-order valence-electron chi connectivity index (χ2n) is 4.34. The van der Waals surface area contributed by atoms with Crippen LogP contribution in [-0.2, 0) is 0 Å². The molecule has 0 radical (unpaired) electrons. The van der Waals surface area contributed by atoms with Crippen LogP contribution in [0.5, 0.6) is 0 Å². The minimum Gasteiger partial charge on any atom is -0.396 e. The normalized spacial score (nSPS) is 18.9. The quantitative estimate of drug-likeness (QED) is 0.622. The molecule has 1 aliphatic carbocycles. The van der Waals surface area contributed by atoms with E-state index >= 15 is 0 Å². The maximum Gasteiger partial charge on any atom is 0.0494 e. The number of aliphatic hydroxyl groups excluding tert-OH is 1. The standard InChI is InChI=1S/C10H19NO/c1-10(2,8-12)7-11-9-5-3-4-6-9/h3-4,9,11-12H,5-8H2,1-2H3. The van der Waals surface area contributed by atoms with Crippen LogP contribution in [0.25, 0.3) is 0 Å². The average Bonchev–Trinajstić information content (AvgIpc) is 2.53. The molecule has 0 aromatic heterocycles. The van der Waals surface area contributed by atoms with E-state index in [1.165, 1.54) is 0 Å². The van der Waals surface area contributed by atoms with Crippen LogP contribution >= 0.6 is 0 Å². The summed E-state index contributed by atoms with van der Waals surface area (Å²) in [5, 5.41) is 12.5. The fraction of sp³-hybridized carbons (Fsp3) is 0.800. The zero-order chi connectivity index (χ0) is 9.03. The molecule has 12 heavy (non-hydrogen) atoms. The molecule has 2 heteroatoms. The van der Waals surface area contributed by atoms with E-state index in [-0.39, 0.29) is 12.0 Å². The molecular formula is C10H19NO. The Labute approximate surface area is 74.7 Å². The van der Waals surface area contributed by atoms with E-state index in [0.29, 0.717) is 6.04 Å². The molecule has 0 fully saturated rings. The molecule has 0 amide bonds. The van der Waals surface area contributed by atoms with E-state index in [9.17, 15) is 0 Å². The van der Waals surface area contributed by atoms with Crippen molar-refractivity contribution in [2.75, 3.05) is 13.2 Å². The Kier molecular flexibility index (Phi) is 3.29. The predicted octanol–water partition coefficient (Wildman–Crippen LogP) is 1.31. The van der Waals surface area contributed by atoms with Crippen molar-refractivity contribution in [2.45, 2.75) is 32.7 Å². The first-order valence-corrected chi connectivity index (χ1v) is 4.63. The second-order valence-corrected chi connectivity index (χ2v) is 4.34. The first-order valence-electron chi connectivity index (χ1n) is 4.63. The van der Waals surface area contributed by atoms with Gasteiger partial charge in [0.25, 0.3) is 0 Å². The maximum atomic E-state index is 9.01. The van der Waals surface area contributed by atoms with E-state index in [4.69, 9.17) is 5.11 Å². The van der Waals surface area contributed by atoms with Gasteiger partial charge in [-0.3, -0.25) is 0 Å². The van der Waals surface area contributed by atoms with Crippen LogP contribution in [0.15, 0.2) is 12.2 Å². The van der Waals surface area contributed by atoms with Gasteiger partial charge >= 0.3 is 0 Å². The number of hydrogen-bond donors (Lipinski definition) is 2.